The normalized spacial score (nSPS) is 15.4. The molecule has 0 aliphatic carbocycles. The molecular formula is C16H16N4O4. The van der Waals surface area contributed by atoms with Crippen LogP contribution in [-0.4, -0.2) is 27.8 Å². The molecule has 124 valence electrons. The highest BCUT2D eigenvalue weighted by molar-refractivity contribution is 6.37. The van der Waals surface area contributed by atoms with Crippen LogP contribution >= 0.6 is 0 Å². The van der Waals surface area contributed by atoms with Crippen molar-refractivity contribution in [3.05, 3.63) is 35.7 Å². The van der Waals surface area contributed by atoms with Crippen molar-refractivity contribution < 1.29 is 18.7 Å². The first-order chi connectivity index (χ1) is 11.5. The Hall–Kier alpha value is -3.03. The van der Waals surface area contributed by atoms with E-state index in [0.29, 0.717) is 5.89 Å². The first-order valence-corrected chi connectivity index (χ1v) is 7.50. The summed E-state index contributed by atoms with van der Waals surface area (Å²) in [6.45, 7) is 3.62. The van der Waals surface area contributed by atoms with Gasteiger partial charge in [0.15, 0.2) is 6.10 Å². The summed E-state index contributed by atoms with van der Waals surface area (Å²) < 4.78 is 10.8. The number of nitrogens with zero attached hydrogens (tertiary/aromatic N) is 3. The van der Waals surface area contributed by atoms with Crippen LogP contribution in [0.1, 0.15) is 37.3 Å². The number of rotatable bonds is 4. The predicted molar refractivity (Wildman–Crippen MR) is 83.8 cm³/mol. The lowest BCUT2D eigenvalue weighted by atomic mass is 10.1. The van der Waals surface area contributed by atoms with Crippen LogP contribution in [0.3, 0.4) is 0 Å². The average Bonchev–Trinajstić information content (AvgIpc) is 3.06. The fourth-order valence-corrected chi connectivity index (χ4v) is 2.11. The van der Waals surface area contributed by atoms with E-state index in [4.69, 9.17) is 9.15 Å². The van der Waals surface area contributed by atoms with Crippen molar-refractivity contribution in [2.24, 2.45) is 5.10 Å². The number of amides is 1. The van der Waals surface area contributed by atoms with Gasteiger partial charge in [-0.25, -0.2) is 10.2 Å². The smallest absolute Gasteiger partial charge is 0.355 e. The van der Waals surface area contributed by atoms with E-state index in [1.54, 1.807) is 6.92 Å². The molecule has 8 heteroatoms. The molecule has 0 unspecified atom stereocenters. The van der Waals surface area contributed by atoms with Crippen LogP contribution in [0.15, 0.2) is 33.8 Å². The minimum absolute atomic E-state index is 0.166. The molecule has 2 aromatic rings. The number of aryl methyl sites for hydroxylation is 1. The second-order valence-corrected chi connectivity index (χ2v) is 5.45. The number of hydrazone groups is 1. The van der Waals surface area contributed by atoms with Gasteiger partial charge in [-0.3, -0.25) is 4.79 Å². The van der Waals surface area contributed by atoms with E-state index >= 15 is 0 Å². The molecule has 2 heterocycles. The molecule has 1 aromatic heterocycles. The van der Waals surface area contributed by atoms with E-state index in [9.17, 15) is 9.59 Å². The number of carbonyl (C=O) groups is 2. The lowest BCUT2D eigenvalue weighted by Crippen LogP contribution is -2.31. The second kappa shape index (κ2) is 6.61. The van der Waals surface area contributed by atoms with E-state index in [0.717, 1.165) is 11.1 Å². The maximum absolute atomic E-state index is 12.0. The molecule has 1 aliphatic heterocycles. The van der Waals surface area contributed by atoms with Crippen LogP contribution in [0.5, 0.6) is 0 Å². The van der Waals surface area contributed by atoms with E-state index < -0.39 is 12.1 Å². The number of carbonyl (C=O) groups excluding carboxylic acids is 2. The van der Waals surface area contributed by atoms with Gasteiger partial charge >= 0.3 is 5.97 Å². The van der Waals surface area contributed by atoms with Crippen LogP contribution < -0.4 is 5.43 Å². The molecule has 1 amide bonds. The number of benzene rings is 1. The van der Waals surface area contributed by atoms with Gasteiger partial charge in [-0.2, -0.15) is 5.10 Å². The third kappa shape index (κ3) is 3.48. The standard InChI is InChI=1S/C16H16N4O4/c1-9-3-5-11(6-4-9)15-20-19-14(24-15)10(2)23-16(22)12-7-8-13(21)18-17-12/h3-6,10H,7-8H2,1-2H3,(H,18,21)/t10-/m1/s1. The zero-order valence-corrected chi connectivity index (χ0v) is 13.3. The summed E-state index contributed by atoms with van der Waals surface area (Å²) in [7, 11) is 0. The zero-order valence-electron chi connectivity index (χ0n) is 13.3. The molecule has 0 radical (unpaired) electrons. The summed E-state index contributed by atoms with van der Waals surface area (Å²) in [5.41, 5.74) is 4.33. The number of ether oxygens (including phenoxy) is 1. The Balaban J connectivity index is 1.67. The van der Waals surface area contributed by atoms with Gasteiger partial charge < -0.3 is 9.15 Å². The van der Waals surface area contributed by atoms with Crippen LogP contribution in [0, 0.1) is 6.92 Å². The molecule has 0 saturated carbocycles. The Morgan fingerprint density at radius 2 is 2.00 bits per heavy atom. The molecular weight excluding hydrogens is 312 g/mol. The molecule has 8 nitrogen and oxygen atoms in total. The van der Waals surface area contributed by atoms with E-state index in [-0.39, 0.29) is 30.4 Å². The van der Waals surface area contributed by atoms with E-state index in [2.05, 4.69) is 20.7 Å². The van der Waals surface area contributed by atoms with Gasteiger partial charge in [0, 0.05) is 18.4 Å². The summed E-state index contributed by atoms with van der Waals surface area (Å²) in [6.07, 6.45) is -0.263. The SMILES string of the molecule is Cc1ccc(-c2nnc([C@@H](C)OC(=O)C3=NNC(=O)CC3)o2)cc1. The van der Waals surface area contributed by atoms with Crippen LogP contribution in [0.4, 0.5) is 0 Å². The van der Waals surface area contributed by atoms with Crippen molar-refractivity contribution >= 4 is 17.6 Å². The number of nitrogens with one attached hydrogen (secondary N) is 1. The maximum atomic E-state index is 12.0. The summed E-state index contributed by atoms with van der Waals surface area (Å²) in [6, 6.07) is 7.64. The third-order valence-electron chi connectivity index (χ3n) is 3.51. The van der Waals surface area contributed by atoms with Crippen molar-refractivity contribution in [3.8, 4) is 11.5 Å². The molecule has 1 N–H and O–H groups in total. The number of esters is 1. The molecule has 0 spiro atoms. The average molecular weight is 328 g/mol. The fourth-order valence-electron chi connectivity index (χ4n) is 2.11. The van der Waals surface area contributed by atoms with Crippen molar-refractivity contribution in [2.75, 3.05) is 0 Å². The topological polar surface area (TPSA) is 107 Å². The molecule has 1 aliphatic rings. The molecule has 0 bridgehead atoms. The molecule has 0 saturated heterocycles. The first kappa shape index (κ1) is 15.9. The lowest BCUT2D eigenvalue weighted by Gasteiger charge is -2.13. The van der Waals surface area contributed by atoms with E-state index in [1.165, 1.54) is 0 Å². The van der Waals surface area contributed by atoms with Crippen molar-refractivity contribution in [1.29, 1.82) is 0 Å². The van der Waals surface area contributed by atoms with Gasteiger partial charge in [-0.15, -0.1) is 10.2 Å². The van der Waals surface area contributed by atoms with Crippen molar-refractivity contribution in [3.63, 3.8) is 0 Å². The fraction of sp³-hybridized carbons (Fsp3) is 0.312. The number of aromatic nitrogens is 2. The molecule has 0 fully saturated rings. The molecule has 1 atom stereocenters. The molecule has 24 heavy (non-hydrogen) atoms. The minimum Gasteiger partial charge on any atom is -0.448 e. The maximum Gasteiger partial charge on any atom is 0.355 e. The number of hydrogen-bond donors (Lipinski definition) is 1. The predicted octanol–water partition coefficient (Wildman–Crippen LogP) is 1.92. The summed E-state index contributed by atoms with van der Waals surface area (Å²) in [5, 5.41) is 11.6. The highest BCUT2D eigenvalue weighted by Crippen LogP contribution is 2.23. The largest absolute Gasteiger partial charge is 0.448 e. The summed E-state index contributed by atoms with van der Waals surface area (Å²) in [4.78, 5) is 23.0. The number of hydrogen-bond acceptors (Lipinski definition) is 7. The third-order valence-corrected chi connectivity index (χ3v) is 3.51. The lowest BCUT2D eigenvalue weighted by molar-refractivity contribution is -0.141. The minimum atomic E-state index is -0.718. The van der Waals surface area contributed by atoms with Gasteiger partial charge in [0.2, 0.25) is 11.8 Å². The van der Waals surface area contributed by atoms with Gasteiger partial charge in [0.1, 0.15) is 5.71 Å². The Labute approximate surface area is 137 Å². The monoisotopic (exact) mass is 328 g/mol. The highest BCUT2D eigenvalue weighted by atomic mass is 16.6. The summed E-state index contributed by atoms with van der Waals surface area (Å²) in [5.74, 6) is -0.286. The van der Waals surface area contributed by atoms with Crippen LogP contribution in [-0.2, 0) is 14.3 Å². The summed E-state index contributed by atoms with van der Waals surface area (Å²) >= 11 is 0. The van der Waals surface area contributed by atoms with Crippen molar-refractivity contribution in [2.45, 2.75) is 32.8 Å². The zero-order chi connectivity index (χ0) is 17.1. The Bertz CT molecular complexity index is 795. The molecule has 1 aromatic carbocycles. The molecule has 3 rings (SSSR count). The Morgan fingerprint density at radius 3 is 2.67 bits per heavy atom. The van der Waals surface area contributed by atoms with Gasteiger partial charge in [0.05, 0.1) is 0 Å². The Morgan fingerprint density at radius 1 is 1.25 bits per heavy atom. The van der Waals surface area contributed by atoms with E-state index in [1.807, 2.05) is 31.2 Å². The first-order valence-electron chi connectivity index (χ1n) is 7.50. The Kier molecular flexibility index (Phi) is 4.37. The van der Waals surface area contributed by atoms with Gasteiger partial charge in [-0.05, 0) is 26.0 Å². The van der Waals surface area contributed by atoms with Gasteiger partial charge in [0.25, 0.3) is 5.89 Å². The quantitative estimate of drug-likeness (QED) is 0.859. The van der Waals surface area contributed by atoms with Crippen molar-refractivity contribution in [1.82, 2.24) is 15.6 Å². The van der Waals surface area contributed by atoms with Crippen LogP contribution in [0.25, 0.3) is 11.5 Å². The highest BCUT2D eigenvalue weighted by Gasteiger charge is 2.24. The second-order valence-electron chi connectivity index (χ2n) is 5.45. The van der Waals surface area contributed by atoms with Gasteiger partial charge in [-0.1, -0.05) is 17.7 Å². The van der Waals surface area contributed by atoms with Crippen LogP contribution in [0.2, 0.25) is 0 Å².